The third-order valence-corrected chi connectivity index (χ3v) is 7.08. The molecule has 0 spiro atoms. The maximum atomic E-state index is 12.6. The summed E-state index contributed by atoms with van der Waals surface area (Å²) in [4.78, 5) is 16.0. The predicted octanol–water partition coefficient (Wildman–Crippen LogP) is 4.55. The molecule has 2 saturated heterocycles. The Morgan fingerprint density at radius 1 is 1.25 bits per heavy atom. The molecule has 0 saturated carbocycles. The number of benzene rings is 1. The summed E-state index contributed by atoms with van der Waals surface area (Å²) in [5.74, 6) is 0.640. The SMILES string of the molecule is O=C(NC[C@@H]1CCCN2CCCC[C@H]12)c1cc2cccc(Cl)c2s1. The summed E-state index contributed by atoms with van der Waals surface area (Å²) in [6.45, 7) is 3.27. The van der Waals surface area contributed by atoms with Crippen LogP contribution in [-0.2, 0) is 0 Å². The molecule has 0 bridgehead atoms. The van der Waals surface area contributed by atoms with Crippen molar-refractivity contribution in [3.63, 3.8) is 0 Å². The lowest BCUT2D eigenvalue weighted by Gasteiger charge is -2.44. The standard InChI is InChI=1S/C19H23ClN2OS/c20-15-7-3-5-13-11-17(24-18(13)15)19(23)21-12-14-6-4-10-22-9-2-1-8-16(14)22/h3,5,7,11,14,16H,1-2,4,6,8-10,12H2,(H,21,23)/t14-,16+/m0/s1. The number of hydrogen-bond acceptors (Lipinski definition) is 3. The molecule has 0 unspecified atom stereocenters. The van der Waals surface area contributed by atoms with Crippen LogP contribution in [0.5, 0.6) is 0 Å². The van der Waals surface area contributed by atoms with Crippen LogP contribution in [0.3, 0.4) is 0 Å². The first-order chi connectivity index (χ1) is 11.7. The van der Waals surface area contributed by atoms with E-state index in [0.29, 0.717) is 12.0 Å². The zero-order valence-corrected chi connectivity index (χ0v) is 15.3. The van der Waals surface area contributed by atoms with E-state index in [4.69, 9.17) is 11.6 Å². The summed E-state index contributed by atoms with van der Waals surface area (Å²) >= 11 is 7.71. The fourth-order valence-electron chi connectivity index (χ4n) is 4.27. The minimum Gasteiger partial charge on any atom is -0.351 e. The Bertz CT molecular complexity index is 742. The van der Waals surface area contributed by atoms with Crippen LogP contribution in [0.15, 0.2) is 24.3 Å². The number of piperidine rings is 2. The number of hydrogen-bond donors (Lipinski definition) is 1. The van der Waals surface area contributed by atoms with Crippen LogP contribution in [0.4, 0.5) is 0 Å². The Kier molecular flexibility index (Phi) is 4.79. The van der Waals surface area contributed by atoms with Crippen LogP contribution in [-0.4, -0.2) is 36.5 Å². The van der Waals surface area contributed by atoms with Crippen LogP contribution in [0, 0.1) is 5.92 Å². The third-order valence-electron chi connectivity index (χ3n) is 5.47. The van der Waals surface area contributed by atoms with Crippen LogP contribution in [0.2, 0.25) is 5.02 Å². The van der Waals surface area contributed by atoms with Gasteiger partial charge in [0, 0.05) is 12.6 Å². The maximum absolute atomic E-state index is 12.6. The summed E-state index contributed by atoms with van der Waals surface area (Å²) in [6.07, 6.45) is 6.45. The fourth-order valence-corrected chi connectivity index (χ4v) is 5.54. The average Bonchev–Trinajstić information content (AvgIpc) is 3.05. The van der Waals surface area contributed by atoms with Crippen molar-refractivity contribution in [1.29, 1.82) is 0 Å². The minimum atomic E-state index is 0.0419. The summed E-state index contributed by atoms with van der Waals surface area (Å²) in [5.41, 5.74) is 0. The number of amides is 1. The van der Waals surface area contributed by atoms with Crippen LogP contribution in [0.1, 0.15) is 41.8 Å². The second kappa shape index (κ2) is 7.03. The lowest BCUT2D eigenvalue weighted by Crippen LogP contribution is -2.50. The van der Waals surface area contributed by atoms with Gasteiger partial charge in [0.1, 0.15) is 0 Å². The average molecular weight is 363 g/mol. The van der Waals surface area contributed by atoms with Gasteiger partial charge in [0.05, 0.1) is 14.6 Å². The fraction of sp³-hybridized carbons (Fsp3) is 0.526. The second-order valence-corrected chi connectivity index (χ2v) is 8.44. The molecule has 3 nitrogen and oxygen atoms in total. The van der Waals surface area contributed by atoms with Gasteiger partial charge >= 0.3 is 0 Å². The molecule has 3 heterocycles. The van der Waals surface area contributed by atoms with Gasteiger partial charge in [-0.25, -0.2) is 0 Å². The van der Waals surface area contributed by atoms with Crippen molar-refractivity contribution in [3.05, 3.63) is 34.2 Å². The molecule has 2 aliphatic heterocycles. The summed E-state index contributed by atoms with van der Waals surface area (Å²) in [6, 6.07) is 8.44. The molecule has 1 N–H and O–H groups in total. The first-order valence-corrected chi connectivity index (χ1v) is 10.1. The van der Waals surface area contributed by atoms with Crippen molar-refractivity contribution >= 4 is 38.9 Å². The lowest BCUT2D eigenvalue weighted by molar-refractivity contribution is 0.0576. The number of halogens is 1. The summed E-state index contributed by atoms with van der Waals surface area (Å²) in [5, 5.41) is 4.96. The Balaban J connectivity index is 1.42. The van der Waals surface area contributed by atoms with Gasteiger partial charge in [0.2, 0.25) is 0 Å². The van der Waals surface area contributed by atoms with E-state index in [9.17, 15) is 4.79 Å². The highest BCUT2D eigenvalue weighted by atomic mass is 35.5. The Hall–Kier alpha value is -1.10. The first-order valence-electron chi connectivity index (χ1n) is 8.93. The first kappa shape index (κ1) is 16.4. The van der Waals surface area contributed by atoms with Gasteiger partial charge in [-0.05, 0) is 62.2 Å². The zero-order chi connectivity index (χ0) is 16.5. The smallest absolute Gasteiger partial charge is 0.261 e. The molecule has 2 aliphatic rings. The molecule has 2 fully saturated rings. The van der Waals surface area contributed by atoms with Gasteiger partial charge in [-0.2, -0.15) is 0 Å². The zero-order valence-electron chi connectivity index (χ0n) is 13.8. The second-order valence-electron chi connectivity index (χ2n) is 6.98. The van der Waals surface area contributed by atoms with E-state index < -0.39 is 0 Å². The lowest BCUT2D eigenvalue weighted by atomic mass is 9.83. The summed E-state index contributed by atoms with van der Waals surface area (Å²) in [7, 11) is 0. The number of thiophene rings is 1. The molecular weight excluding hydrogens is 340 g/mol. The molecule has 5 heteroatoms. The van der Waals surface area contributed by atoms with E-state index in [-0.39, 0.29) is 5.91 Å². The number of carbonyl (C=O) groups excluding carboxylic acids is 1. The molecule has 0 aliphatic carbocycles. The van der Waals surface area contributed by atoms with E-state index in [1.807, 2.05) is 24.3 Å². The Labute approximate surface area is 152 Å². The van der Waals surface area contributed by atoms with Gasteiger partial charge < -0.3 is 10.2 Å². The van der Waals surface area contributed by atoms with Gasteiger partial charge in [-0.1, -0.05) is 30.2 Å². The number of fused-ring (bicyclic) bond motifs is 2. The quantitative estimate of drug-likeness (QED) is 0.868. The van der Waals surface area contributed by atoms with Crippen molar-refractivity contribution in [1.82, 2.24) is 10.2 Å². The van der Waals surface area contributed by atoms with Crippen LogP contribution in [0.25, 0.3) is 10.1 Å². The van der Waals surface area contributed by atoms with Crippen LogP contribution >= 0.6 is 22.9 Å². The van der Waals surface area contributed by atoms with Gasteiger partial charge in [0.25, 0.3) is 5.91 Å². The highest BCUT2D eigenvalue weighted by Gasteiger charge is 2.33. The molecule has 2 aromatic rings. The molecule has 1 aromatic carbocycles. The van der Waals surface area contributed by atoms with Crippen molar-refractivity contribution in [2.45, 2.75) is 38.1 Å². The molecule has 2 atom stereocenters. The van der Waals surface area contributed by atoms with E-state index in [1.165, 1.54) is 56.5 Å². The van der Waals surface area contributed by atoms with Crippen molar-refractivity contribution in [2.24, 2.45) is 5.92 Å². The highest BCUT2D eigenvalue weighted by Crippen LogP contribution is 2.32. The predicted molar refractivity (Wildman–Crippen MR) is 101 cm³/mol. The van der Waals surface area contributed by atoms with Gasteiger partial charge in [-0.15, -0.1) is 11.3 Å². The molecule has 0 radical (unpaired) electrons. The molecule has 128 valence electrons. The molecule has 1 aromatic heterocycles. The number of rotatable bonds is 3. The highest BCUT2D eigenvalue weighted by molar-refractivity contribution is 7.21. The number of nitrogens with one attached hydrogen (secondary N) is 1. The van der Waals surface area contributed by atoms with Gasteiger partial charge in [-0.3, -0.25) is 4.79 Å². The Morgan fingerprint density at radius 3 is 3.00 bits per heavy atom. The molecule has 24 heavy (non-hydrogen) atoms. The van der Waals surface area contributed by atoms with E-state index in [0.717, 1.165) is 26.5 Å². The van der Waals surface area contributed by atoms with Crippen molar-refractivity contribution in [3.8, 4) is 0 Å². The normalized spacial score (nSPS) is 24.7. The monoisotopic (exact) mass is 362 g/mol. The van der Waals surface area contributed by atoms with E-state index in [1.54, 1.807) is 0 Å². The number of carbonyl (C=O) groups is 1. The van der Waals surface area contributed by atoms with Crippen molar-refractivity contribution in [2.75, 3.05) is 19.6 Å². The van der Waals surface area contributed by atoms with Crippen LogP contribution < -0.4 is 5.32 Å². The third kappa shape index (κ3) is 3.19. The molecular formula is C19H23ClN2OS. The number of nitrogens with zero attached hydrogens (tertiary/aromatic N) is 1. The molecule has 4 rings (SSSR count). The largest absolute Gasteiger partial charge is 0.351 e. The summed E-state index contributed by atoms with van der Waals surface area (Å²) < 4.78 is 1.00. The van der Waals surface area contributed by atoms with Gasteiger partial charge in [0.15, 0.2) is 0 Å². The Morgan fingerprint density at radius 2 is 2.12 bits per heavy atom. The maximum Gasteiger partial charge on any atom is 0.261 e. The van der Waals surface area contributed by atoms with Crippen molar-refractivity contribution < 1.29 is 4.79 Å². The van der Waals surface area contributed by atoms with E-state index in [2.05, 4.69) is 10.2 Å². The topological polar surface area (TPSA) is 32.3 Å². The minimum absolute atomic E-state index is 0.0419. The molecule has 1 amide bonds. The van der Waals surface area contributed by atoms with E-state index >= 15 is 0 Å².